The first-order chi connectivity index (χ1) is 9.97. The third-order valence-corrected chi connectivity index (χ3v) is 4.54. The second-order valence-electron chi connectivity index (χ2n) is 6.83. The molecular weight excluding hydrogens is 262 g/mol. The average molecular weight is 297 g/mol. The van der Waals surface area contributed by atoms with E-state index in [1.807, 2.05) is 0 Å². The average Bonchev–Trinajstić information content (AvgIpc) is 2.46. The molecule has 124 valence electrons. The third-order valence-electron chi connectivity index (χ3n) is 4.54. The number of nitrogens with zero attached hydrogens (tertiary/aromatic N) is 2. The van der Waals surface area contributed by atoms with E-state index in [4.69, 9.17) is 5.73 Å². The number of carbonyl (C=O) groups is 1. The van der Waals surface area contributed by atoms with E-state index in [0.29, 0.717) is 11.8 Å². The summed E-state index contributed by atoms with van der Waals surface area (Å²) in [6.45, 7) is 13.5. The first-order valence-electron chi connectivity index (χ1n) is 8.74. The Bertz CT molecular complexity index is 302. The smallest absolute Gasteiger partial charge is 0.225 e. The van der Waals surface area contributed by atoms with Crippen LogP contribution in [0.3, 0.4) is 0 Å². The fourth-order valence-electron chi connectivity index (χ4n) is 3.24. The minimum atomic E-state index is 0.157. The highest BCUT2D eigenvalue weighted by Gasteiger charge is 2.29. The number of carbonyl (C=O) groups excluding carboxylic acids is 1. The van der Waals surface area contributed by atoms with Gasteiger partial charge in [-0.1, -0.05) is 34.1 Å². The van der Waals surface area contributed by atoms with E-state index in [2.05, 4.69) is 37.5 Å². The molecule has 1 fully saturated rings. The molecule has 0 aliphatic heterocycles. The number of nitrogens with two attached hydrogens (primary N) is 1. The Morgan fingerprint density at radius 3 is 2.38 bits per heavy atom. The lowest BCUT2D eigenvalue weighted by atomic mass is 9.85. The van der Waals surface area contributed by atoms with Crippen molar-refractivity contribution in [1.82, 2.24) is 9.80 Å². The van der Waals surface area contributed by atoms with E-state index in [9.17, 15) is 4.79 Å². The van der Waals surface area contributed by atoms with Gasteiger partial charge in [0, 0.05) is 31.6 Å². The van der Waals surface area contributed by atoms with Crippen molar-refractivity contribution in [3.8, 4) is 0 Å². The molecule has 0 aromatic rings. The lowest BCUT2D eigenvalue weighted by Gasteiger charge is -2.33. The number of rotatable bonds is 8. The molecule has 4 heteroatoms. The van der Waals surface area contributed by atoms with Crippen molar-refractivity contribution in [1.29, 1.82) is 0 Å². The molecule has 1 amide bonds. The molecule has 1 aliphatic rings. The molecule has 4 nitrogen and oxygen atoms in total. The molecule has 2 atom stereocenters. The van der Waals surface area contributed by atoms with Crippen molar-refractivity contribution in [3.63, 3.8) is 0 Å². The van der Waals surface area contributed by atoms with Crippen molar-refractivity contribution in [3.05, 3.63) is 0 Å². The number of amides is 1. The van der Waals surface area contributed by atoms with Crippen LogP contribution in [0.1, 0.15) is 53.4 Å². The first kappa shape index (κ1) is 18.4. The zero-order chi connectivity index (χ0) is 15.8. The van der Waals surface area contributed by atoms with Gasteiger partial charge in [-0.05, 0) is 38.3 Å². The van der Waals surface area contributed by atoms with E-state index in [-0.39, 0.29) is 12.0 Å². The lowest BCUT2D eigenvalue weighted by molar-refractivity contribution is -0.137. The maximum atomic E-state index is 12.8. The standard InChI is InChI=1S/C17H35N3O/c1-5-19(6-2)10-11-20(13-14(3)4)17(21)15-8-7-9-16(18)12-15/h14-16H,5-13,18H2,1-4H3. The molecule has 2 unspecified atom stereocenters. The number of hydrogen-bond acceptors (Lipinski definition) is 3. The summed E-state index contributed by atoms with van der Waals surface area (Å²) in [6.07, 6.45) is 4.07. The lowest BCUT2D eigenvalue weighted by Crippen LogP contribution is -2.45. The Kier molecular flexibility index (Phi) is 8.27. The Hall–Kier alpha value is -0.610. The summed E-state index contributed by atoms with van der Waals surface area (Å²) in [5.74, 6) is 1.01. The maximum absolute atomic E-state index is 12.8. The molecule has 0 spiro atoms. The summed E-state index contributed by atoms with van der Waals surface area (Å²) in [4.78, 5) is 17.3. The summed E-state index contributed by atoms with van der Waals surface area (Å²) >= 11 is 0. The summed E-state index contributed by atoms with van der Waals surface area (Å²) in [5, 5.41) is 0. The van der Waals surface area contributed by atoms with Crippen molar-refractivity contribution in [2.45, 2.75) is 59.4 Å². The summed E-state index contributed by atoms with van der Waals surface area (Å²) in [5.41, 5.74) is 6.05. The van der Waals surface area contributed by atoms with Crippen LogP contribution in [-0.2, 0) is 4.79 Å². The van der Waals surface area contributed by atoms with Crippen LogP contribution in [0.2, 0.25) is 0 Å². The van der Waals surface area contributed by atoms with E-state index in [0.717, 1.165) is 58.4 Å². The van der Waals surface area contributed by atoms with Gasteiger partial charge in [0.15, 0.2) is 0 Å². The predicted octanol–water partition coefficient (Wildman–Crippen LogP) is 2.33. The van der Waals surface area contributed by atoms with Crippen LogP contribution >= 0.6 is 0 Å². The van der Waals surface area contributed by atoms with E-state index < -0.39 is 0 Å². The van der Waals surface area contributed by atoms with Gasteiger partial charge in [0.1, 0.15) is 0 Å². The maximum Gasteiger partial charge on any atom is 0.225 e. The van der Waals surface area contributed by atoms with E-state index in [1.165, 1.54) is 0 Å². The van der Waals surface area contributed by atoms with Crippen molar-refractivity contribution >= 4 is 5.91 Å². The minimum absolute atomic E-state index is 0.157. The van der Waals surface area contributed by atoms with Crippen LogP contribution in [-0.4, -0.2) is 54.5 Å². The van der Waals surface area contributed by atoms with E-state index >= 15 is 0 Å². The topological polar surface area (TPSA) is 49.6 Å². The molecular formula is C17H35N3O. The van der Waals surface area contributed by atoms with Crippen LogP contribution in [0, 0.1) is 11.8 Å². The van der Waals surface area contributed by atoms with Gasteiger partial charge in [-0.25, -0.2) is 0 Å². The van der Waals surface area contributed by atoms with Gasteiger partial charge >= 0.3 is 0 Å². The van der Waals surface area contributed by atoms with Crippen molar-refractivity contribution in [2.24, 2.45) is 17.6 Å². The molecule has 0 aromatic carbocycles. The number of likely N-dealkylation sites (N-methyl/N-ethyl adjacent to an activating group) is 1. The quantitative estimate of drug-likeness (QED) is 0.748. The van der Waals surface area contributed by atoms with Crippen LogP contribution in [0.5, 0.6) is 0 Å². The van der Waals surface area contributed by atoms with Crippen LogP contribution in [0.4, 0.5) is 0 Å². The Morgan fingerprint density at radius 1 is 1.19 bits per heavy atom. The minimum Gasteiger partial charge on any atom is -0.341 e. The molecule has 1 saturated carbocycles. The van der Waals surface area contributed by atoms with Crippen LogP contribution in [0.25, 0.3) is 0 Å². The summed E-state index contributed by atoms with van der Waals surface area (Å²) in [6, 6.07) is 0.219. The predicted molar refractivity (Wildman–Crippen MR) is 89.1 cm³/mol. The Balaban J connectivity index is 2.60. The van der Waals surface area contributed by atoms with E-state index in [1.54, 1.807) is 0 Å². The molecule has 0 bridgehead atoms. The normalized spacial score (nSPS) is 22.8. The fraction of sp³-hybridized carbons (Fsp3) is 0.941. The second-order valence-corrected chi connectivity index (χ2v) is 6.83. The fourth-order valence-corrected chi connectivity index (χ4v) is 3.24. The van der Waals surface area contributed by atoms with Gasteiger partial charge in [0.25, 0.3) is 0 Å². The Morgan fingerprint density at radius 2 is 1.86 bits per heavy atom. The summed E-state index contributed by atoms with van der Waals surface area (Å²) < 4.78 is 0. The van der Waals surface area contributed by atoms with Gasteiger partial charge in [-0.15, -0.1) is 0 Å². The van der Waals surface area contributed by atoms with Gasteiger partial charge in [-0.3, -0.25) is 4.79 Å². The molecule has 1 aliphatic carbocycles. The van der Waals surface area contributed by atoms with Gasteiger partial charge < -0.3 is 15.5 Å². The van der Waals surface area contributed by atoms with Gasteiger partial charge in [-0.2, -0.15) is 0 Å². The number of hydrogen-bond donors (Lipinski definition) is 1. The largest absolute Gasteiger partial charge is 0.341 e. The molecule has 0 heterocycles. The monoisotopic (exact) mass is 297 g/mol. The highest BCUT2D eigenvalue weighted by atomic mass is 16.2. The zero-order valence-electron chi connectivity index (χ0n) is 14.5. The highest BCUT2D eigenvalue weighted by Crippen LogP contribution is 2.25. The third kappa shape index (κ3) is 6.35. The van der Waals surface area contributed by atoms with Gasteiger partial charge in [0.05, 0.1) is 0 Å². The molecule has 2 N–H and O–H groups in total. The van der Waals surface area contributed by atoms with Crippen LogP contribution < -0.4 is 5.73 Å². The SMILES string of the molecule is CCN(CC)CCN(CC(C)C)C(=O)C1CCCC(N)C1. The molecule has 21 heavy (non-hydrogen) atoms. The highest BCUT2D eigenvalue weighted by molar-refractivity contribution is 5.79. The van der Waals surface area contributed by atoms with Crippen molar-refractivity contribution < 1.29 is 4.79 Å². The van der Waals surface area contributed by atoms with Crippen molar-refractivity contribution in [2.75, 3.05) is 32.7 Å². The first-order valence-corrected chi connectivity index (χ1v) is 8.74. The molecule has 0 radical (unpaired) electrons. The molecule has 1 rings (SSSR count). The molecule has 0 aromatic heterocycles. The second kappa shape index (κ2) is 9.42. The molecule has 0 saturated heterocycles. The van der Waals surface area contributed by atoms with Gasteiger partial charge in [0.2, 0.25) is 5.91 Å². The van der Waals surface area contributed by atoms with Crippen LogP contribution in [0.15, 0.2) is 0 Å². The zero-order valence-corrected chi connectivity index (χ0v) is 14.5. The summed E-state index contributed by atoms with van der Waals surface area (Å²) in [7, 11) is 0. The Labute approximate surface area is 131 Å².